The number of benzene rings is 3. The zero-order valence-corrected chi connectivity index (χ0v) is 17.9. The number of anilines is 2. The first kappa shape index (κ1) is 20.7. The van der Waals surface area contributed by atoms with Crippen LogP contribution in [-0.4, -0.2) is 32.0 Å². The number of hydrogen-bond donors (Lipinski definition) is 0. The van der Waals surface area contributed by atoms with Gasteiger partial charge < -0.3 is 14.5 Å². The number of ether oxygens (including phenoxy) is 1. The SMILES string of the molecule is Cc1ccc(C(=O)N(C)c2ccc(OCC(=O)N3CCCc4ccccc43)cc2)cc1. The van der Waals surface area contributed by atoms with Gasteiger partial charge in [-0.3, -0.25) is 9.59 Å². The molecule has 0 spiro atoms. The number of fused-ring (bicyclic) bond motifs is 1. The Morgan fingerprint density at radius 1 is 0.968 bits per heavy atom. The predicted octanol–water partition coefficient (Wildman–Crippen LogP) is 4.63. The number of nitrogens with zero attached hydrogens (tertiary/aromatic N) is 2. The lowest BCUT2D eigenvalue weighted by molar-refractivity contribution is -0.120. The van der Waals surface area contributed by atoms with Gasteiger partial charge in [0.25, 0.3) is 11.8 Å². The smallest absolute Gasteiger partial charge is 0.264 e. The molecule has 0 radical (unpaired) electrons. The number of amides is 2. The molecular formula is C26H26N2O3. The molecule has 2 amide bonds. The van der Waals surface area contributed by atoms with Crippen LogP contribution in [0.15, 0.2) is 72.8 Å². The Morgan fingerprint density at radius 2 is 1.68 bits per heavy atom. The second-order valence-electron chi connectivity index (χ2n) is 7.79. The third-order valence-electron chi connectivity index (χ3n) is 5.60. The molecule has 3 aromatic rings. The Labute approximate surface area is 182 Å². The fraction of sp³-hybridized carbons (Fsp3) is 0.231. The maximum absolute atomic E-state index is 12.7. The topological polar surface area (TPSA) is 49.9 Å². The van der Waals surface area contributed by atoms with Crippen LogP contribution in [0.4, 0.5) is 11.4 Å². The molecule has 5 heteroatoms. The van der Waals surface area contributed by atoms with E-state index in [9.17, 15) is 9.59 Å². The molecule has 0 N–H and O–H groups in total. The molecule has 0 aliphatic carbocycles. The average molecular weight is 415 g/mol. The van der Waals surface area contributed by atoms with Crippen molar-refractivity contribution in [2.75, 3.05) is 30.0 Å². The molecule has 0 saturated heterocycles. The van der Waals surface area contributed by atoms with Crippen LogP contribution in [0.5, 0.6) is 5.75 Å². The molecule has 3 aromatic carbocycles. The number of aryl methyl sites for hydroxylation is 2. The van der Waals surface area contributed by atoms with E-state index in [0.29, 0.717) is 17.9 Å². The number of hydrogen-bond acceptors (Lipinski definition) is 3. The highest BCUT2D eigenvalue weighted by molar-refractivity contribution is 6.05. The van der Waals surface area contributed by atoms with Crippen molar-refractivity contribution in [2.24, 2.45) is 0 Å². The summed E-state index contributed by atoms with van der Waals surface area (Å²) in [6.45, 7) is 2.68. The highest BCUT2D eigenvalue weighted by atomic mass is 16.5. The van der Waals surface area contributed by atoms with E-state index in [0.717, 1.165) is 29.8 Å². The Balaban J connectivity index is 1.37. The van der Waals surface area contributed by atoms with Gasteiger partial charge in [0.2, 0.25) is 0 Å². The first-order chi connectivity index (χ1) is 15.0. The first-order valence-electron chi connectivity index (χ1n) is 10.5. The summed E-state index contributed by atoms with van der Waals surface area (Å²) in [6.07, 6.45) is 1.95. The van der Waals surface area contributed by atoms with Crippen molar-refractivity contribution in [1.29, 1.82) is 0 Å². The Hall–Kier alpha value is -3.60. The molecule has 0 saturated carbocycles. The molecule has 1 aliphatic heterocycles. The molecule has 1 aliphatic rings. The van der Waals surface area contributed by atoms with E-state index in [1.54, 1.807) is 29.0 Å². The molecular weight excluding hydrogens is 388 g/mol. The summed E-state index contributed by atoms with van der Waals surface area (Å²) in [5.41, 5.74) is 4.69. The average Bonchev–Trinajstić information content (AvgIpc) is 2.82. The number of carbonyl (C=O) groups is 2. The fourth-order valence-corrected chi connectivity index (χ4v) is 3.79. The van der Waals surface area contributed by atoms with E-state index >= 15 is 0 Å². The van der Waals surface area contributed by atoms with Gasteiger partial charge >= 0.3 is 0 Å². The molecule has 1 heterocycles. The molecule has 5 nitrogen and oxygen atoms in total. The lowest BCUT2D eigenvalue weighted by atomic mass is 10.0. The van der Waals surface area contributed by atoms with Crippen LogP contribution in [-0.2, 0) is 11.2 Å². The highest BCUT2D eigenvalue weighted by Gasteiger charge is 2.22. The summed E-state index contributed by atoms with van der Waals surface area (Å²) in [5, 5.41) is 0. The van der Waals surface area contributed by atoms with E-state index in [4.69, 9.17) is 4.74 Å². The number of carbonyl (C=O) groups excluding carboxylic acids is 2. The zero-order chi connectivity index (χ0) is 21.8. The molecule has 158 valence electrons. The molecule has 4 rings (SSSR count). The fourth-order valence-electron chi connectivity index (χ4n) is 3.79. The van der Waals surface area contributed by atoms with Gasteiger partial charge in [-0.15, -0.1) is 0 Å². The van der Waals surface area contributed by atoms with E-state index in [-0.39, 0.29) is 18.4 Å². The van der Waals surface area contributed by atoms with E-state index < -0.39 is 0 Å². The van der Waals surface area contributed by atoms with Gasteiger partial charge in [0.1, 0.15) is 5.75 Å². The largest absolute Gasteiger partial charge is 0.484 e. The molecule has 0 unspecified atom stereocenters. The molecule has 0 aromatic heterocycles. The third-order valence-corrected chi connectivity index (χ3v) is 5.60. The van der Waals surface area contributed by atoms with Crippen molar-refractivity contribution in [1.82, 2.24) is 0 Å². The van der Waals surface area contributed by atoms with Crippen molar-refractivity contribution in [3.63, 3.8) is 0 Å². The van der Waals surface area contributed by atoms with Crippen LogP contribution >= 0.6 is 0 Å². The van der Waals surface area contributed by atoms with Crippen molar-refractivity contribution >= 4 is 23.2 Å². The summed E-state index contributed by atoms with van der Waals surface area (Å²) in [7, 11) is 1.75. The monoisotopic (exact) mass is 414 g/mol. The Morgan fingerprint density at radius 3 is 2.42 bits per heavy atom. The summed E-state index contributed by atoms with van der Waals surface area (Å²) < 4.78 is 5.73. The summed E-state index contributed by atoms with van der Waals surface area (Å²) >= 11 is 0. The van der Waals surface area contributed by atoms with Gasteiger partial charge in [-0.25, -0.2) is 0 Å². The highest BCUT2D eigenvalue weighted by Crippen LogP contribution is 2.27. The summed E-state index contributed by atoms with van der Waals surface area (Å²) in [5.74, 6) is 0.467. The second-order valence-corrected chi connectivity index (χ2v) is 7.79. The van der Waals surface area contributed by atoms with Gasteiger partial charge in [-0.2, -0.15) is 0 Å². The summed E-state index contributed by atoms with van der Waals surface area (Å²) in [6, 6.07) is 22.7. The maximum Gasteiger partial charge on any atom is 0.264 e. The molecule has 31 heavy (non-hydrogen) atoms. The molecule has 0 fully saturated rings. The minimum Gasteiger partial charge on any atom is -0.484 e. The van der Waals surface area contributed by atoms with Crippen LogP contribution in [0.2, 0.25) is 0 Å². The van der Waals surface area contributed by atoms with Crippen LogP contribution in [0, 0.1) is 6.92 Å². The standard InChI is InChI=1S/C26H26N2O3/c1-19-9-11-21(12-10-19)26(30)27(2)22-13-15-23(16-14-22)31-18-25(29)28-17-5-7-20-6-3-4-8-24(20)28/h3-4,6,8-16H,5,7,17-18H2,1-2H3. The first-order valence-corrected chi connectivity index (χ1v) is 10.5. The van der Waals surface area contributed by atoms with Gasteiger partial charge in [-0.1, -0.05) is 35.9 Å². The molecule has 0 bridgehead atoms. The predicted molar refractivity (Wildman–Crippen MR) is 123 cm³/mol. The van der Waals surface area contributed by atoms with Crippen molar-refractivity contribution in [3.8, 4) is 5.75 Å². The van der Waals surface area contributed by atoms with Crippen molar-refractivity contribution < 1.29 is 14.3 Å². The number of para-hydroxylation sites is 1. The maximum atomic E-state index is 12.7. The zero-order valence-electron chi connectivity index (χ0n) is 17.9. The summed E-state index contributed by atoms with van der Waals surface area (Å²) in [4.78, 5) is 28.8. The van der Waals surface area contributed by atoms with Crippen molar-refractivity contribution in [2.45, 2.75) is 19.8 Å². The van der Waals surface area contributed by atoms with Crippen LogP contribution in [0.1, 0.15) is 27.9 Å². The normalized spacial score (nSPS) is 12.8. The quantitative estimate of drug-likeness (QED) is 0.612. The Kier molecular flexibility index (Phi) is 6.03. The second kappa shape index (κ2) is 9.04. The van der Waals surface area contributed by atoms with Gasteiger partial charge in [-0.05, 0) is 67.8 Å². The van der Waals surface area contributed by atoms with Gasteiger partial charge in [0, 0.05) is 30.5 Å². The Bertz CT molecular complexity index is 1070. The van der Waals surface area contributed by atoms with Gasteiger partial charge in [0.15, 0.2) is 6.61 Å². The van der Waals surface area contributed by atoms with E-state index in [2.05, 4.69) is 6.07 Å². The lowest BCUT2D eigenvalue weighted by Gasteiger charge is -2.29. The van der Waals surface area contributed by atoms with Crippen LogP contribution < -0.4 is 14.5 Å². The van der Waals surface area contributed by atoms with Crippen molar-refractivity contribution in [3.05, 3.63) is 89.5 Å². The lowest BCUT2D eigenvalue weighted by Crippen LogP contribution is -2.38. The molecule has 0 atom stereocenters. The van der Waals surface area contributed by atoms with Crippen LogP contribution in [0.25, 0.3) is 0 Å². The van der Waals surface area contributed by atoms with Gasteiger partial charge in [0.05, 0.1) is 0 Å². The minimum absolute atomic E-state index is 0.0220. The third kappa shape index (κ3) is 4.61. The van der Waals surface area contributed by atoms with E-state index in [1.807, 2.05) is 61.5 Å². The minimum atomic E-state index is -0.0763. The van der Waals surface area contributed by atoms with Crippen LogP contribution in [0.3, 0.4) is 0 Å². The van der Waals surface area contributed by atoms with E-state index in [1.165, 1.54) is 5.56 Å². The number of rotatable bonds is 5.